The van der Waals surface area contributed by atoms with E-state index in [2.05, 4.69) is 5.10 Å². The summed E-state index contributed by atoms with van der Waals surface area (Å²) in [5, 5.41) is 14.4. The first-order valence-corrected chi connectivity index (χ1v) is 8.40. The van der Waals surface area contributed by atoms with Crippen molar-refractivity contribution in [2.24, 2.45) is 0 Å². The van der Waals surface area contributed by atoms with Crippen molar-refractivity contribution in [1.82, 2.24) is 9.78 Å². The molecule has 1 atom stereocenters. The van der Waals surface area contributed by atoms with Crippen LogP contribution in [0.5, 0.6) is 0 Å². The molecule has 1 heterocycles. The summed E-state index contributed by atoms with van der Waals surface area (Å²) in [5.41, 5.74) is 2.05. The molecule has 130 valence electrons. The van der Waals surface area contributed by atoms with Crippen molar-refractivity contribution in [3.63, 3.8) is 0 Å². The quantitative estimate of drug-likeness (QED) is 0.542. The van der Waals surface area contributed by atoms with Crippen LogP contribution in [0.3, 0.4) is 0 Å². The largest absolute Gasteiger partial charge is 0.444 e. The second-order valence-electron chi connectivity index (χ2n) is 5.22. The number of benzene rings is 1. The molecular weight excluding hydrogens is 385 g/mol. The van der Waals surface area contributed by atoms with Crippen LogP contribution in [0.4, 0.5) is 0 Å². The zero-order chi connectivity index (χ0) is 18.6. The number of halogens is 3. The van der Waals surface area contributed by atoms with E-state index in [0.717, 1.165) is 5.56 Å². The highest BCUT2D eigenvalue weighted by molar-refractivity contribution is 6.35. The molecule has 0 saturated heterocycles. The van der Waals surface area contributed by atoms with Gasteiger partial charge < -0.3 is 4.74 Å². The SMILES string of the molecule is Cc1nn(Cc2ccc(Cl)cc2Cl)c(Cl)c1/C=C/C(=O)O[C@H](C)C#N. The van der Waals surface area contributed by atoms with Gasteiger partial charge in [0.1, 0.15) is 11.2 Å². The molecule has 0 fully saturated rings. The standard InChI is InChI=1S/C17H14Cl3N3O2/c1-10(8-21)25-16(24)6-5-14-11(2)22-23(17(14)20)9-12-3-4-13(18)7-15(12)19/h3-7,10H,9H2,1-2H3/b6-5+/t10-/m1/s1. The van der Waals surface area contributed by atoms with Gasteiger partial charge in [-0.25, -0.2) is 9.48 Å². The third-order valence-electron chi connectivity index (χ3n) is 3.31. The third-order valence-corrected chi connectivity index (χ3v) is 4.29. The Morgan fingerprint density at radius 3 is 2.80 bits per heavy atom. The van der Waals surface area contributed by atoms with Crippen LogP contribution in [0.1, 0.15) is 23.7 Å². The predicted molar refractivity (Wildman–Crippen MR) is 97.7 cm³/mol. The summed E-state index contributed by atoms with van der Waals surface area (Å²) >= 11 is 18.4. The lowest BCUT2D eigenvalue weighted by atomic mass is 10.2. The van der Waals surface area contributed by atoms with Crippen LogP contribution in [0.2, 0.25) is 15.2 Å². The highest BCUT2D eigenvalue weighted by Gasteiger charge is 2.14. The number of aryl methyl sites for hydroxylation is 1. The zero-order valence-electron chi connectivity index (χ0n) is 13.5. The van der Waals surface area contributed by atoms with E-state index in [9.17, 15) is 4.79 Å². The highest BCUT2D eigenvalue weighted by Crippen LogP contribution is 2.26. The maximum atomic E-state index is 11.6. The number of carbonyl (C=O) groups is 1. The molecule has 0 spiro atoms. The molecule has 0 aliphatic carbocycles. The predicted octanol–water partition coefficient (Wildman–Crippen LogP) is 4.67. The number of carbonyl (C=O) groups excluding carboxylic acids is 1. The van der Waals surface area contributed by atoms with Gasteiger partial charge in [-0.05, 0) is 37.6 Å². The Balaban J connectivity index is 2.20. The lowest BCUT2D eigenvalue weighted by molar-refractivity contribution is -0.139. The van der Waals surface area contributed by atoms with Crippen molar-refractivity contribution in [2.75, 3.05) is 0 Å². The minimum atomic E-state index is -0.816. The molecule has 0 saturated carbocycles. The molecule has 0 unspecified atom stereocenters. The van der Waals surface area contributed by atoms with Gasteiger partial charge in [0.2, 0.25) is 0 Å². The van der Waals surface area contributed by atoms with Gasteiger partial charge >= 0.3 is 5.97 Å². The van der Waals surface area contributed by atoms with Crippen molar-refractivity contribution in [3.05, 3.63) is 56.3 Å². The van der Waals surface area contributed by atoms with E-state index in [1.165, 1.54) is 19.1 Å². The molecule has 0 aliphatic heterocycles. The van der Waals surface area contributed by atoms with Crippen molar-refractivity contribution < 1.29 is 9.53 Å². The van der Waals surface area contributed by atoms with Crippen LogP contribution in [0.15, 0.2) is 24.3 Å². The number of ether oxygens (including phenoxy) is 1. The minimum absolute atomic E-state index is 0.361. The van der Waals surface area contributed by atoms with Crippen LogP contribution >= 0.6 is 34.8 Å². The van der Waals surface area contributed by atoms with Crippen LogP contribution in [0, 0.1) is 18.3 Å². The second kappa shape index (κ2) is 8.39. The molecule has 25 heavy (non-hydrogen) atoms. The molecule has 1 aromatic heterocycles. The molecule has 0 radical (unpaired) electrons. The van der Waals surface area contributed by atoms with Gasteiger partial charge in [-0.15, -0.1) is 0 Å². The smallest absolute Gasteiger partial charge is 0.332 e. The van der Waals surface area contributed by atoms with E-state index in [0.29, 0.717) is 33.0 Å². The monoisotopic (exact) mass is 397 g/mol. The second-order valence-corrected chi connectivity index (χ2v) is 6.43. The molecular formula is C17H14Cl3N3O2. The van der Waals surface area contributed by atoms with E-state index >= 15 is 0 Å². The number of esters is 1. The summed E-state index contributed by atoms with van der Waals surface area (Å²) in [7, 11) is 0. The maximum Gasteiger partial charge on any atom is 0.332 e. The minimum Gasteiger partial charge on any atom is -0.444 e. The number of hydrogen-bond donors (Lipinski definition) is 0. The Labute approximate surface area is 160 Å². The Hall–Kier alpha value is -2.00. The number of nitrogens with zero attached hydrogens (tertiary/aromatic N) is 3. The molecule has 2 aromatic rings. The maximum absolute atomic E-state index is 11.6. The van der Waals surface area contributed by atoms with E-state index in [-0.39, 0.29) is 0 Å². The fraction of sp³-hybridized carbons (Fsp3) is 0.235. The summed E-state index contributed by atoms with van der Waals surface area (Å²) in [6.07, 6.45) is 1.91. The van der Waals surface area contributed by atoms with Crippen LogP contribution < -0.4 is 0 Å². The Morgan fingerprint density at radius 2 is 2.16 bits per heavy atom. The molecule has 8 heteroatoms. The highest BCUT2D eigenvalue weighted by atomic mass is 35.5. The van der Waals surface area contributed by atoms with E-state index in [1.54, 1.807) is 29.8 Å². The van der Waals surface area contributed by atoms with Gasteiger partial charge in [-0.1, -0.05) is 40.9 Å². The Morgan fingerprint density at radius 1 is 1.44 bits per heavy atom. The molecule has 0 amide bonds. The molecule has 1 aromatic carbocycles. The van der Waals surface area contributed by atoms with Gasteiger partial charge in [-0.3, -0.25) is 0 Å². The summed E-state index contributed by atoms with van der Waals surface area (Å²) in [6.45, 7) is 3.62. The fourth-order valence-corrected chi connectivity index (χ4v) is 2.83. The third kappa shape index (κ3) is 4.99. The number of aromatic nitrogens is 2. The Kier molecular flexibility index (Phi) is 6.49. The van der Waals surface area contributed by atoms with Crippen LogP contribution in [-0.2, 0) is 16.1 Å². The van der Waals surface area contributed by atoms with Crippen LogP contribution in [0.25, 0.3) is 6.08 Å². The van der Waals surface area contributed by atoms with Crippen molar-refractivity contribution >= 4 is 46.8 Å². The average Bonchev–Trinajstić information content (AvgIpc) is 2.82. The summed E-state index contributed by atoms with van der Waals surface area (Å²) in [5.74, 6) is -0.627. The lowest BCUT2D eigenvalue weighted by Crippen LogP contribution is -2.10. The van der Waals surface area contributed by atoms with Crippen molar-refractivity contribution in [2.45, 2.75) is 26.5 Å². The number of rotatable bonds is 5. The van der Waals surface area contributed by atoms with Gasteiger partial charge in [0.15, 0.2) is 6.10 Å². The first kappa shape index (κ1) is 19.3. The summed E-state index contributed by atoms with van der Waals surface area (Å²) in [6, 6.07) is 7.00. The molecule has 5 nitrogen and oxygen atoms in total. The average molecular weight is 399 g/mol. The van der Waals surface area contributed by atoms with Gasteiger partial charge in [0, 0.05) is 21.7 Å². The topological polar surface area (TPSA) is 67.9 Å². The molecule has 0 bridgehead atoms. The molecule has 0 aliphatic rings. The molecule has 2 rings (SSSR count). The fourth-order valence-electron chi connectivity index (χ4n) is 2.06. The van der Waals surface area contributed by atoms with Gasteiger partial charge in [-0.2, -0.15) is 10.4 Å². The van der Waals surface area contributed by atoms with E-state index < -0.39 is 12.1 Å². The normalized spacial score (nSPS) is 12.2. The van der Waals surface area contributed by atoms with E-state index in [4.69, 9.17) is 44.8 Å². The van der Waals surface area contributed by atoms with Crippen molar-refractivity contribution in [3.8, 4) is 6.07 Å². The lowest BCUT2D eigenvalue weighted by Gasteiger charge is -2.06. The summed E-state index contributed by atoms with van der Waals surface area (Å²) < 4.78 is 6.42. The first-order valence-electron chi connectivity index (χ1n) is 7.27. The molecule has 0 N–H and O–H groups in total. The van der Waals surface area contributed by atoms with Crippen molar-refractivity contribution in [1.29, 1.82) is 5.26 Å². The van der Waals surface area contributed by atoms with Gasteiger partial charge in [0.25, 0.3) is 0 Å². The van der Waals surface area contributed by atoms with Crippen LogP contribution in [-0.4, -0.2) is 21.9 Å². The number of hydrogen-bond acceptors (Lipinski definition) is 4. The number of nitriles is 1. The van der Waals surface area contributed by atoms with Gasteiger partial charge in [0.05, 0.1) is 12.2 Å². The first-order chi connectivity index (χ1) is 11.8. The van der Waals surface area contributed by atoms with E-state index in [1.807, 2.05) is 6.07 Å². The zero-order valence-corrected chi connectivity index (χ0v) is 15.7. The summed E-state index contributed by atoms with van der Waals surface area (Å²) in [4.78, 5) is 11.6. The Bertz CT molecular complexity index is 869.